The lowest BCUT2D eigenvalue weighted by atomic mass is 10.1. The van der Waals surface area contributed by atoms with Crippen LogP contribution in [0.5, 0.6) is 11.5 Å². The molecule has 2 aromatic carbocycles. The van der Waals surface area contributed by atoms with E-state index in [1.54, 1.807) is 24.3 Å². The summed E-state index contributed by atoms with van der Waals surface area (Å²) in [5.41, 5.74) is 7.74. The van der Waals surface area contributed by atoms with Crippen molar-refractivity contribution in [3.8, 4) is 11.5 Å². The zero-order valence-corrected chi connectivity index (χ0v) is 12.1. The van der Waals surface area contributed by atoms with Crippen LogP contribution in [0.25, 0.3) is 0 Å². The molecule has 0 saturated heterocycles. The Balaban J connectivity index is 2.12. The molecule has 106 valence electrons. The SMILES string of the molecule is CC(N)Cc1cc(Cl)ccc1OCc1cccc(O)c1. The molecule has 0 aliphatic rings. The molecule has 3 nitrogen and oxygen atoms in total. The summed E-state index contributed by atoms with van der Waals surface area (Å²) >= 11 is 6.01. The van der Waals surface area contributed by atoms with Crippen molar-refractivity contribution in [2.45, 2.75) is 26.0 Å². The van der Waals surface area contributed by atoms with Crippen LogP contribution in [0.3, 0.4) is 0 Å². The molecule has 0 amide bonds. The number of phenols is 1. The number of phenolic OH excluding ortho intramolecular Hbond substituents is 1. The van der Waals surface area contributed by atoms with Crippen LogP contribution < -0.4 is 10.5 Å². The number of ether oxygens (including phenoxy) is 1. The van der Waals surface area contributed by atoms with E-state index in [0.717, 1.165) is 16.9 Å². The molecule has 0 aromatic heterocycles. The highest BCUT2D eigenvalue weighted by molar-refractivity contribution is 6.30. The second-order valence-electron chi connectivity index (χ2n) is 4.89. The maximum atomic E-state index is 9.43. The van der Waals surface area contributed by atoms with E-state index in [1.165, 1.54) is 0 Å². The Morgan fingerprint density at radius 2 is 2.05 bits per heavy atom. The summed E-state index contributed by atoms with van der Waals surface area (Å²) in [6, 6.07) is 12.6. The van der Waals surface area contributed by atoms with Gasteiger partial charge in [-0.2, -0.15) is 0 Å². The summed E-state index contributed by atoms with van der Waals surface area (Å²) in [4.78, 5) is 0. The zero-order valence-electron chi connectivity index (χ0n) is 11.3. The van der Waals surface area contributed by atoms with Crippen molar-refractivity contribution in [2.75, 3.05) is 0 Å². The average molecular weight is 292 g/mol. The fraction of sp³-hybridized carbons (Fsp3) is 0.250. The van der Waals surface area contributed by atoms with Crippen LogP contribution in [-0.4, -0.2) is 11.1 Å². The number of nitrogens with two attached hydrogens (primary N) is 1. The summed E-state index contributed by atoms with van der Waals surface area (Å²) in [5.74, 6) is 1.01. The van der Waals surface area contributed by atoms with Crippen molar-refractivity contribution in [1.82, 2.24) is 0 Å². The molecule has 4 heteroatoms. The fourth-order valence-corrected chi connectivity index (χ4v) is 2.20. The maximum absolute atomic E-state index is 9.43. The van der Waals surface area contributed by atoms with Crippen molar-refractivity contribution in [3.63, 3.8) is 0 Å². The van der Waals surface area contributed by atoms with E-state index >= 15 is 0 Å². The van der Waals surface area contributed by atoms with E-state index in [0.29, 0.717) is 18.1 Å². The van der Waals surface area contributed by atoms with E-state index in [2.05, 4.69) is 0 Å². The van der Waals surface area contributed by atoms with E-state index in [1.807, 2.05) is 25.1 Å². The van der Waals surface area contributed by atoms with Crippen LogP contribution in [0, 0.1) is 0 Å². The molecule has 0 saturated carbocycles. The van der Waals surface area contributed by atoms with Gasteiger partial charge in [0.25, 0.3) is 0 Å². The maximum Gasteiger partial charge on any atom is 0.123 e. The molecule has 1 atom stereocenters. The van der Waals surface area contributed by atoms with Gasteiger partial charge in [0, 0.05) is 11.1 Å². The minimum absolute atomic E-state index is 0.0385. The molecule has 1 unspecified atom stereocenters. The van der Waals surface area contributed by atoms with Crippen LogP contribution in [0.15, 0.2) is 42.5 Å². The molecule has 2 rings (SSSR count). The Morgan fingerprint density at radius 1 is 1.25 bits per heavy atom. The minimum atomic E-state index is 0.0385. The van der Waals surface area contributed by atoms with Crippen molar-refractivity contribution in [3.05, 3.63) is 58.6 Å². The van der Waals surface area contributed by atoms with Gasteiger partial charge in [-0.25, -0.2) is 0 Å². The largest absolute Gasteiger partial charge is 0.508 e. The summed E-state index contributed by atoms with van der Waals surface area (Å²) in [7, 11) is 0. The Kier molecular flexibility index (Phi) is 4.88. The third kappa shape index (κ3) is 4.15. The number of hydrogen-bond donors (Lipinski definition) is 2. The van der Waals surface area contributed by atoms with Crippen LogP contribution in [-0.2, 0) is 13.0 Å². The highest BCUT2D eigenvalue weighted by Gasteiger charge is 2.08. The first-order valence-corrected chi connectivity index (χ1v) is 6.87. The van der Waals surface area contributed by atoms with E-state index in [4.69, 9.17) is 22.1 Å². The Labute approximate surface area is 123 Å². The molecule has 0 aliphatic heterocycles. The molecule has 0 fully saturated rings. The first-order chi connectivity index (χ1) is 9.54. The number of aromatic hydroxyl groups is 1. The lowest BCUT2D eigenvalue weighted by Crippen LogP contribution is -2.18. The van der Waals surface area contributed by atoms with Gasteiger partial charge in [-0.05, 0) is 54.8 Å². The third-order valence-corrected chi connectivity index (χ3v) is 3.10. The molecule has 0 bridgehead atoms. The molecule has 20 heavy (non-hydrogen) atoms. The predicted molar refractivity (Wildman–Crippen MR) is 81.2 cm³/mol. The molecule has 0 aliphatic carbocycles. The zero-order chi connectivity index (χ0) is 14.5. The second-order valence-corrected chi connectivity index (χ2v) is 5.33. The van der Waals surface area contributed by atoms with Crippen molar-refractivity contribution in [1.29, 1.82) is 0 Å². The van der Waals surface area contributed by atoms with E-state index in [9.17, 15) is 5.11 Å². The van der Waals surface area contributed by atoms with Gasteiger partial charge >= 0.3 is 0 Å². The quantitative estimate of drug-likeness (QED) is 0.886. The lowest BCUT2D eigenvalue weighted by molar-refractivity contribution is 0.301. The van der Waals surface area contributed by atoms with Gasteiger partial charge < -0.3 is 15.6 Å². The van der Waals surface area contributed by atoms with Crippen LogP contribution in [0.4, 0.5) is 0 Å². The van der Waals surface area contributed by atoms with Gasteiger partial charge in [0.15, 0.2) is 0 Å². The smallest absolute Gasteiger partial charge is 0.123 e. The van der Waals surface area contributed by atoms with Crippen LogP contribution >= 0.6 is 11.6 Å². The standard InChI is InChI=1S/C16H18ClNO2/c1-11(18)7-13-9-14(17)5-6-16(13)20-10-12-3-2-4-15(19)8-12/h2-6,8-9,11,19H,7,10,18H2,1H3. The fourth-order valence-electron chi connectivity index (χ4n) is 2.00. The van der Waals surface area contributed by atoms with Crippen LogP contribution in [0.2, 0.25) is 5.02 Å². The average Bonchev–Trinajstić information content (AvgIpc) is 2.37. The predicted octanol–water partition coefficient (Wildman–Crippen LogP) is 3.51. The van der Waals surface area contributed by atoms with Gasteiger partial charge in [-0.15, -0.1) is 0 Å². The first kappa shape index (κ1) is 14.7. The second kappa shape index (κ2) is 6.64. The van der Waals surface area contributed by atoms with Crippen molar-refractivity contribution < 1.29 is 9.84 Å². The molecular formula is C16H18ClNO2. The first-order valence-electron chi connectivity index (χ1n) is 6.49. The van der Waals surface area contributed by atoms with E-state index in [-0.39, 0.29) is 11.8 Å². The Bertz CT molecular complexity index is 584. The molecule has 3 N–H and O–H groups in total. The summed E-state index contributed by atoms with van der Waals surface area (Å²) in [5, 5.41) is 10.1. The van der Waals surface area contributed by atoms with Gasteiger partial charge in [0.1, 0.15) is 18.1 Å². The number of hydrogen-bond acceptors (Lipinski definition) is 3. The molecular weight excluding hydrogens is 274 g/mol. The molecule has 0 heterocycles. The summed E-state index contributed by atoms with van der Waals surface area (Å²) in [6.07, 6.45) is 0.704. The monoisotopic (exact) mass is 291 g/mol. The topological polar surface area (TPSA) is 55.5 Å². The van der Waals surface area contributed by atoms with Crippen molar-refractivity contribution in [2.24, 2.45) is 5.73 Å². The normalized spacial score (nSPS) is 12.2. The minimum Gasteiger partial charge on any atom is -0.508 e. The Morgan fingerprint density at radius 3 is 2.75 bits per heavy atom. The van der Waals surface area contributed by atoms with Gasteiger partial charge in [0.2, 0.25) is 0 Å². The van der Waals surface area contributed by atoms with Gasteiger partial charge in [-0.1, -0.05) is 23.7 Å². The van der Waals surface area contributed by atoms with Gasteiger partial charge in [0.05, 0.1) is 0 Å². The number of halogens is 1. The highest BCUT2D eigenvalue weighted by Crippen LogP contribution is 2.25. The van der Waals surface area contributed by atoms with Crippen molar-refractivity contribution >= 4 is 11.6 Å². The van der Waals surface area contributed by atoms with Gasteiger partial charge in [-0.3, -0.25) is 0 Å². The van der Waals surface area contributed by atoms with E-state index < -0.39 is 0 Å². The Hall–Kier alpha value is -1.71. The number of rotatable bonds is 5. The summed E-state index contributed by atoms with van der Waals surface area (Å²) < 4.78 is 5.81. The highest BCUT2D eigenvalue weighted by atomic mass is 35.5. The third-order valence-electron chi connectivity index (χ3n) is 2.87. The molecule has 2 aromatic rings. The van der Waals surface area contributed by atoms with Crippen LogP contribution in [0.1, 0.15) is 18.1 Å². The number of benzene rings is 2. The molecule has 0 radical (unpaired) electrons. The molecule has 0 spiro atoms. The lowest BCUT2D eigenvalue weighted by Gasteiger charge is -2.13. The summed E-state index contributed by atoms with van der Waals surface area (Å²) in [6.45, 7) is 2.34.